The van der Waals surface area contributed by atoms with Gasteiger partial charge in [0.25, 0.3) is 0 Å². The van der Waals surface area contributed by atoms with Gasteiger partial charge < -0.3 is 4.74 Å². The standard InChI is InChI=1S/C29H48O2/c1-20(2)12-9-13-21(3)14-10-15-22(4)16-11-17-29(8)19-26(30)27-24(6)18-23(5)25(7)28(27)31-29/h18,20-22H,9-17,19H2,1-8H3/t21-,22-,29-/m1/s1. The third kappa shape index (κ3) is 7.65. The molecule has 2 nitrogen and oxygen atoms in total. The van der Waals surface area contributed by atoms with Crippen LogP contribution >= 0.6 is 0 Å². The first-order chi connectivity index (χ1) is 14.5. The molecule has 1 aromatic carbocycles. The first kappa shape index (κ1) is 25.9. The van der Waals surface area contributed by atoms with Crippen LogP contribution in [-0.2, 0) is 0 Å². The summed E-state index contributed by atoms with van der Waals surface area (Å²) in [6.45, 7) is 17.8. The van der Waals surface area contributed by atoms with E-state index in [9.17, 15) is 4.79 Å². The minimum atomic E-state index is -0.361. The van der Waals surface area contributed by atoms with E-state index >= 15 is 0 Å². The third-order valence-electron chi connectivity index (χ3n) is 7.42. The molecule has 0 fully saturated rings. The summed E-state index contributed by atoms with van der Waals surface area (Å²) in [6, 6.07) is 2.12. The number of ketones is 1. The Morgan fingerprint density at radius 3 is 2.00 bits per heavy atom. The third-order valence-corrected chi connectivity index (χ3v) is 7.42. The van der Waals surface area contributed by atoms with E-state index in [-0.39, 0.29) is 11.4 Å². The van der Waals surface area contributed by atoms with E-state index in [2.05, 4.69) is 54.5 Å². The Bertz CT molecular complexity index is 733. The Balaban J connectivity index is 1.76. The second kappa shape index (κ2) is 11.5. The number of hydrogen-bond donors (Lipinski definition) is 0. The van der Waals surface area contributed by atoms with Gasteiger partial charge in [0.15, 0.2) is 5.78 Å². The van der Waals surface area contributed by atoms with E-state index in [0.717, 1.165) is 53.0 Å². The lowest BCUT2D eigenvalue weighted by molar-refractivity contribution is 0.0439. The second-order valence-corrected chi connectivity index (χ2v) is 11.3. The Labute approximate surface area is 192 Å². The lowest BCUT2D eigenvalue weighted by Crippen LogP contribution is -2.40. The second-order valence-electron chi connectivity index (χ2n) is 11.3. The molecule has 3 atom stereocenters. The molecule has 1 heterocycles. The molecule has 0 bridgehead atoms. The van der Waals surface area contributed by atoms with Crippen molar-refractivity contribution in [3.63, 3.8) is 0 Å². The van der Waals surface area contributed by atoms with Crippen molar-refractivity contribution in [2.75, 3.05) is 0 Å². The summed E-state index contributed by atoms with van der Waals surface area (Å²) in [7, 11) is 0. The van der Waals surface area contributed by atoms with Crippen LogP contribution < -0.4 is 4.74 Å². The van der Waals surface area contributed by atoms with Gasteiger partial charge in [0.2, 0.25) is 0 Å². The van der Waals surface area contributed by atoms with Gasteiger partial charge in [-0.1, -0.05) is 78.7 Å². The van der Waals surface area contributed by atoms with Crippen LogP contribution in [0, 0.1) is 38.5 Å². The summed E-state index contributed by atoms with van der Waals surface area (Å²) in [4.78, 5) is 12.9. The number of ether oxygens (including phenoxy) is 1. The number of carbonyl (C=O) groups excluding carboxylic acids is 1. The van der Waals surface area contributed by atoms with Crippen molar-refractivity contribution in [2.45, 2.75) is 125 Å². The Morgan fingerprint density at radius 1 is 0.871 bits per heavy atom. The number of hydrogen-bond acceptors (Lipinski definition) is 2. The van der Waals surface area contributed by atoms with Gasteiger partial charge in [0.05, 0.1) is 12.0 Å². The maximum absolute atomic E-state index is 12.9. The molecule has 2 heteroatoms. The fourth-order valence-electron chi connectivity index (χ4n) is 5.18. The first-order valence-corrected chi connectivity index (χ1v) is 12.9. The number of Topliss-reactive ketones (excluding diaryl/α,β-unsaturated/α-hetero) is 1. The molecule has 0 N–H and O–H groups in total. The van der Waals surface area contributed by atoms with Crippen LogP contribution in [0.15, 0.2) is 6.07 Å². The minimum absolute atomic E-state index is 0.254. The maximum atomic E-state index is 12.9. The van der Waals surface area contributed by atoms with Gasteiger partial charge in [0, 0.05) is 0 Å². The lowest BCUT2D eigenvalue weighted by atomic mass is 9.83. The average molecular weight is 429 g/mol. The Hall–Kier alpha value is -1.31. The number of aryl methyl sites for hydroxylation is 2. The molecular weight excluding hydrogens is 380 g/mol. The highest BCUT2D eigenvalue weighted by atomic mass is 16.5. The molecule has 0 radical (unpaired) electrons. The van der Waals surface area contributed by atoms with E-state index in [1.54, 1.807) is 0 Å². The van der Waals surface area contributed by atoms with Crippen LogP contribution in [0.5, 0.6) is 5.75 Å². The summed E-state index contributed by atoms with van der Waals surface area (Å²) in [5.74, 6) is 3.55. The molecular formula is C29H48O2. The van der Waals surface area contributed by atoms with Crippen LogP contribution in [0.4, 0.5) is 0 Å². The fraction of sp³-hybridized carbons (Fsp3) is 0.759. The summed E-state index contributed by atoms with van der Waals surface area (Å²) < 4.78 is 6.51. The predicted molar refractivity (Wildman–Crippen MR) is 133 cm³/mol. The van der Waals surface area contributed by atoms with E-state index in [1.807, 2.05) is 6.92 Å². The molecule has 1 aliphatic rings. The highest BCUT2D eigenvalue weighted by Crippen LogP contribution is 2.41. The average Bonchev–Trinajstić information content (AvgIpc) is 2.65. The monoisotopic (exact) mass is 428 g/mol. The summed E-state index contributed by atoms with van der Waals surface area (Å²) >= 11 is 0. The Kier molecular flexibility index (Phi) is 9.65. The SMILES string of the molecule is Cc1cc(C)c2c(c1C)O[C@](C)(CCC[C@H](C)CCC[C@H](C)CCCC(C)C)CC2=O. The van der Waals surface area contributed by atoms with Gasteiger partial charge in [-0.05, 0) is 75.0 Å². The zero-order chi connectivity index (χ0) is 23.2. The molecule has 176 valence electrons. The molecule has 1 aromatic rings. The van der Waals surface area contributed by atoms with Crippen molar-refractivity contribution in [1.29, 1.82) is 0 Å². The quantitative estimate of drug-likeness (QED) is 0.332. The highest BCUT2D eigenvalue weighted by molar-refractivity contribution is 6.02. The summed E-state index contributed by atoms with van der Waals surface area (Å²) in [6.07, 6.45) is 12.0. The van der Waals surface area contributed by atoms with Crippen molar-refractivity contribution in [3.8, 4) is 5.75 Å². The van der Waals surface area contributed by atoms with Crippen LogP contribution in [0.2, 0.25) is 0 Å². The van der Waals surface area contributed by atoms with Crippen molar-refractivity contribution >= 4 is 5.78 Å². The van der Waals surface area contributed by atoms with E-state index < -0.39 is 0 Å². The Morgan fingerprint density at radius 2 is 1.42 bits per heavy atom. The molecule has 1 aliphatic heterocycles. The van der Waals surface area contributed by atoms with E-state index in [4.69, 9.17) is 4.74 Å². The number of fused-ring (bicyclic) bond motifs is 1. The van der Waals surface area contributed by atoms with Crippen LogP contribution in [0.3, 0.4) is 0 Å². The molecule has 0 aliphatic carbocycles. The fourth-order valence-corrected chi connectivity index (χ4v) is 5.18. The van der Waals surface area contributed by atoms with Crippen LogP contribution in [-0.4, -0.2) is 11.4 Å². The topological polar surface area (TPSA) is 26.3 Å². The van der Waals surface area contributed by atoms with Gasteiger partial charge in [-0.2, -0.15) is 0 Å². The minimum Gasteiger partial charge on any atom is -0.486 e. The summed E-state index contributed by atoms with van der Waals surface area (Å²) in [5.41, 5.74) is 3.84. The van der Waals surface area contributed by atoms with Crippen molar-refractivity contribution in [3.05, 3.63) is 28.3 Å². The predicted octanol–water partition coefficient (Wildman–Crippen LogP) is 8.77. The van der Waals surface area contributed by atoms with Crippen molar-refractivity contribution in [1.82, 2.24) is 0 Å². The number of carbonyl (C=O) groups is 1. The molecule has 31 heavy (non-hydrogen) atoms. The lowest BCUT2D eigenvalue weighted by Gasteiger charge is -2.37. The largest absolute Gasteiger partial charge is 0.486 e. The van der Waals surface area contributed by atoms with Crippen LogP contribution in [0.1, 0.15) is 126 Å². The number of rotatable bonds is 12. The zero-order valence-electron chi connectivity index (χ0n) is 21.7. The maximum Gasteiger partial charge on any atom is 0.170 e. The molecule has 0 unspecified atom stereocenters. The smallest absolute Gasteiger partial charge is 0.170 e. The van der Waals surface area contributed by atoms with Gasteiger partial charge in [-0.15, -0.1) is 0 Å². The van der Waals surface area contributed by atoms with Gasteiger partial charge in [0.1, 0.15) is 11.4 Å². The molecule has 0 aromatic heterocycles. The van der Waals surface area contributed by atoms with E-state index in [1.165, 1.54) is 50.5 Å². The normalized spacial score (nSPS) is 20.5. The highest BCUT2D eigenvalue weighted by Gasteiger charge is 2.38. The molecule has 0 saturated heterocycles. The molecule has 0 spiro atoms. The van der Waals surface area contributed by atoms with Gasteiger partial charge in [-0.3, -0.25) is 4.79 Å². The number of benzene rings is 1. The van der Waals surface area contributed by atoms with E-state index in [0.29, 0.717) is 6.42 Å². The molecule has 2 rings (SSSR count). The zero-order valence-corrected chi connectivity index (χ0v) is 21.7. The van der Waals surface area contributed by atoms with Crippen molar-refractivity contribution in [2.24, 2.45) is 17.8 Å². The molecule has 0 amide bonds. The van der Waals surface area contributed by atoms with Crippen LogP contribution in [0.25, 0.3) is 0 Å². The first-order valence-electron chi connectivity index (χ1n) is 12.9. The summed E-state index contributed by atoms with van der Waals surface area (Å²) in [5, 5.41) is 0. The van der Waals surface area contributed by atoms with Crippen molar-refractivity contribution < 1.29 is 9.53 Å². The van der Waals surface area contributed by atoms with Gasteiger partial charge >= 0.3 is 0 Å². The van der Waals surface area contributed by atoms with Gasteiger partial charge in [-0.25, -0.2) is 0 Å². The molecule has 0 saturated carbocycles.